The quantitative estimate of drug-likeness (QED) is 0.787. The van der Waals surface area contributed by atoms with E-state index in [0.29, 0.717) is 0 Å². The molecule has 2 heteroatoms. The minimum atomic E-state index is -4.08. The predicted molar refractivity (Wildman–Crippen MR) is 81.4 cm³/mol. The molecule has 0 aromatic heterocycles. The second-order valence-electron chi connectivity index (χ2n) is 4.71. The Labute approximate surface area is 151 Å². The molecule has 0 N–H and O–H groups in total. The van der Waals surface area contributed by atoms with Gasteiger partial charge in [0.1, 0.15) is 5.75 Å². The van der Waals surface area contributed by atoms with Crippen LogP contribution in [0.15, 0.2) is 18.1 Å². The SMILES string of the molecule is [2H]c1c([2H])c2c(c([2H])c1OC([2H])([2H])[2H])[C@@]13CCN(C([2H])([2H])[2H])[C@@]([2H])(C2([2H])[2H])[C@@]1([2H])C([2H])([2H])C([2H])([2H])C([2H])([2H])C3([2H])[2H]. The fourth-order valence-corrected chi connectivity index (χ4v) is 2.79. The molecule has 0 unspecified atom stereocenters. The van der Waals surface area contributed by atoms with Gasteiger partial charge in [-0.15, -0.1) is 0 Å². The summed E-state index contributed by atoms with van der Waals surface area (Å²) < 4.78 is 183. The van der Waals surface area contributed by atoms with E-state index < -0.39 is 111 Å². The number of likely N-dealkylation sites (N-methyl/N-ethyl adjacent to an activating group) is 1. The van der Waals surface area contributed by atoms with E-state index in [2.05, 4.69) is 0 Å². The highest BCUT2D eigenvalue weighted by Crippen LogP contribution is 2.55. The molecule has 0 spiro atoms. The van der Waals surface area contributed by atoms with Gasteiger partial charge in [-0.05, 0) is 68.2 Å². The monoisotopic (exact) mass is 292 g/mol. The molecular weight excluding hydrogens is 246 g/mol. The molecule has 108 valence electrons. The molecule has 2 aliphatic carbocycles. The van der Waals surface area contributed by atoms with Gasteiger partial charge in [-0.3, -0.25) is 0 Å². The van der Waals surface area contributed by atoms with Crippen LogP contribution in [0, 0.1) is 5.89 Å². The lowest BCUT2D eigenvalue weighted by molar-refractivity contribution is 0.00274. The average molecular weight is 293 g/mol. The largest absolute Gasteiger partial charge is 0.497 e. The van der Waals surface area contributed by atoms with E-state index in [9.17, 15) is 2.74 Å². The third-order valence-corrected chi connectivity index (χ3v) is 3.73. The predicted octanol–water partition coefficient (Wildman–Crippen LogP) is 3.38. The normalized spacial score (nSPS) is 72.7. The first-order chi connectivity index (χ1) is 17.9. The molecule has 1 heterocycles. The number of rotatable bonds is 1. The minimum Gasteiger partial charge on any atom is -0.497 e. The van der Waals surface area contributed by atoms with Crippen molar-refractivity contribution in [3.05, 3.63) is 29.3 Å². The first-order valence-corrected chi connectivity index (χ1v) is 6.03. The van der Waals surface area contributed by atoms with Crippen LogP contribution in [0.4, 0.5) is 0 Å². The van der Waals surface area contributed by atoms with Crippen LogP contribution in [0.1, 0.15) is 71.8 Å². The summed E-state index contributed by atoms with van der Waals surface area (Å²) in [7, 11) is -3.38. The molecular formula is C18H25NO. The summed E-state index contributed by atoms with van der Waals surface area (Å²) in [5, 5.41) is 0. The Balaban J connectivity index is 2.41. The molecule has 1 saturated carbocycles. The number of likely N-dealkylation sites (tertiary alicyclic amines) is 1. The van der Waals surface area contributed by atoms with Crippen molar-refractivity contribution in [1.29, 1.82) is 0 Å². The van der Waals surface area contributed by atoms with Crippen LogP contribution in [0.5, 0.6) is 5.75 Å². The molecule has 3 atom stereocenters. The van der Waals surface area contributed by atoms with E-state index in [0.717, 1.165) is 0 Å². The molecule has 0 radical (unpaired) electrons. The van der Waals surface area contributed by atoms with Gasteiger partial charge in [0.15, 0.2) is 0 Å². The highest BCUT2D eigenvalue weighted by molar-refractivity contribution is 5.45. The molecule has 1 aromatic carbocycles. The Morgan fingerprint density at radius 3 is 3.45 bits per heavy atom. The maximum absolute atomic E-state index is 9.55. The Bertz CT molecular complexity index is 1310. The van der Waals surface area contributed by atoms with Gasteiger partial charge >= 0.3 is 0 Å². The van der Waals surface area contributed by atoms with E-state index >= 15 is 0 Å². The first kappa shape index (κ1) is 3.32. The van der Waals surface area contributed by atoms with Gasteiger partial charge in [0.25, 0.3) is 0 Å². The highest BCUT2D eigenvalue weighted by atomic mass is 16.5. The van der Waals surface area contributed by atoms with Gasteiger partial charge in [0.2, 0.25) is 0 Å². The fraction of sp³-hybridized carbons (Fsp3) is 0.667. The lowest BCUT2D eigenvalue weighted by atomic mass is 9.52. The van der Waals surface area contributed by atoms with Crippen molar-refractivity contribution in [1.82, 2.24) is 4.90 Å². The number of piperidine rings is 1. The standard InChI is InChI=1S/C18H25NO/c1-19-10-9-18-8-4-3-5-15(18)17(19)11-13-6-7-14(20-2)12-16(13)18/h6-7,12,15,17H,3-5,8-11H2,1-2H3/t15-,17+,18+/m1/s1/i1D3,2D3,3D2,4D2,5D2,6D,7D,8D2,11D2,12D,15D,17D. The number of nitrogens with zero attached hydrogens (tertiary/aromatic N) is 1. The number of hydrogen-bond acceptors (Lipinski definition) is 2. The molecule has 4 rings (SSSR count). The van der Waals surface area contributed by atoms with Crippen LogP contribution in [0.3, 0.4) is 0 Å². The number of methoxy groups -OCH3 is 1. The molecule has 1 saturated heterocycles. The zero-order chi connectivity index (χ0) is 32.2. The smallest absolute Gasteiger partial charge is 0.119 e. The summed E-state index contributed by atoms with van der Waals surface area (Å²) >= 11 is 0. The lowest BCUT2D eigenvalue weighted by Crippen LogP contribution is -2.59. The van der Waals surface area contributed by atoms with Gasteiger partial charge in [-0.1, -0.05) is 18.8 Å². The van der Waals surface area contributed by atoms with Crippen LogP contribution in [-0.4, -0.2) is 31.5 Å². The van der Waals surface area contributed by atoms with E-state index in [1.807, 2.05) is 0 Å². The minimum absolute atomic E-state index is 0.0681. The number of fused-ring (bicyclic) bond motifs is 1. The highest BCUT2D eigenvalue weighted by Gasteiger charge is 2.53. The van der Waals surface area contributed by atoms with Gasteiger partial charge in [0, 0.05) is 32.0 Å². The van der Waals surface area contributed by atoms with Crippen LogP contribution in [0.2, 0.25) is 0 Å². The van der Waals surface area contributed by atoms with Crippen LogP contribution >= 0.6 is 0 Å². The molecule has 1 aliphatic heterocycles. The van der Waals surface area contributed by atoms with Gasteiger partial charge in [-0.25, -0.2) is 0 Å². The van der Waals surface area contributed by atoms with Crippen molar-refractivity contribution >= 4 is 0 Å². The lowest BCUT2D eigenvalue weighted by Gasteiger charge is -2.58. The number of hydrogen-bond donors (Lipinski definition) is 0. The van der Waals surface area contributed by atoms with Crippen molar-refractivity contribution in [3.8, 4) is 5.75 Å². The molecule has 0 amide bonds. The zero-order valence-electron chi connectivity index (χ0n) is 31.3. The number of benzene rings is 1. The third-order valence-electron chi connectivity index (χ3n) is 3.73. The summed E-state index contributed by atoms with van der Waals surface area (Å²) in [5.74, 6) is -5.15. The van der Waals surface area contributed by atoms with Crippen LogP contribution in [-0.2, 0) is 11.8 Å². The number of ether oxygens (including phenoxy) is 1. The maximum atomic E-state index is 9.55. The molecule has 1 aromatic rings. The molecule has 2 fully saturated rings. The van der Waals surface area contributed by atoms with Crippen molar-refractivity contribution in [3.63, 3.8) is 0 Å². The summed E-state index contributed by atoms with van der Waals surface area (Å²) in [6, 6.07) is -7.64. The van der Waals surface area contributed by atoms with Crippen molar-refractivity contribution in [2.24, 2.45) is 5.89 Å². The van der Waals surface area contributed by atoms with Crippen molar-refractivity contribution < 1.29 is 33.5 Å². The maximum Gasteiger partial charge on any atom is 0.119 e. The van der Waals surface area contributed by atoms with E-state index in [-0.39, 0.29) is 4.90 Å². The Hall–Kier alpha value is -1.02. The summed E-state index contributed by atoms with van der Waals surface area (Å²) in [6.45, 7) is -4.49. The van der Waals surface area contributed by atoms with E-state index in [1.54, 1.807) is 0 Å². The van der Waals surface area contributed by atoms with Crippen LogP contribution < -0.4 is 4.74 Å². The second-order valence-corrected chi connectivity index (χ2v) is 4.71. The Kier molecular flexibility index (Phi) is 0.746. The molecule has 2 nitrogen and oxygen atoms in total. The zero-order valence-corrected chi connectivity index (χ0v) is 10.3. The van der Waals surface area contributed by atoms with E-state index in [1.165, 1.54) is 0 Å². The van der Waals surface area contributed by atoms with Crippen LogP contribution in [0.25, 0.3) is 0 Å². The third kappa shape index (κ3) is 1.60. The fourth-order valence-electron chi connectivity index (χ4n) is 2.79. The molecule has 20 heavy (non-hydrogen) atoms. The van der Waals surface area contributed by atoms with Gasteiger partial charge in [-0.2, -0.15) is 0 Å². The van der Waals surface area contributed by atoms with Gasteiger partial charge < -0.3 is 9.64 Å². The Morgan fingerprint density at radius 2 is 2.55 bits per heavy atom. The van der Waals surface area contributed by atoms with Crippen molar-refractivity contribution in [2.75, 3.05) is 20.6 Å². The van der Waals surface area contributed by atoms with Gasteiger partial charge in [0.05, 0.1) is 15.3 Å². The summed E-state index contributed by atoms with van der Waals surface area (Å²) in [4.78, 5) is 0.0681. The molecule has 2 bridgehead atoms. The summed E-state index contributed by atoms with van der Waals surface area (Å²) in [5.41, 5.74) is -5.66. The topological polar surface area (TPSA) is 12.5 Å². The van der Waals surface area contributed by atoms with Crippen molar-refractivity contribution in [2.45, 2.75) is 49.7 Å². The second kappa shape index (κ2) is 4.49. The summed E-state index contributed by atoms with van der Waals surface area (Å²) in [6.07, 6.45) is -20.7. The first-order valence-electron chi connectivity index (χ1n) is 16.5. The Morgan fingerprint density at radius 1 is 1.55 bits per heavy atom. The molecule has 3 aliphatic rings. The average Bonchev–Trinajstić information content (AvgIpc) is 2.77. The van der Waals surface area contributed by atoms with E-state index in [4.69, 9.17) is 30.8 Å².